The van der Waals surface area contributed by atoms with Crippen molar-refractivity contribution in [1.29, 1.82) is 0 Å². The van der Waals surface area contributed by atoms with Gasteiger partial charge in [-0.1, -0.05) is 12.1 Å². The van der Waals surface area contributed by atoms with E-state index in [4.69, 9.17) is 0 Å². The Balaban J connectivity index is 2.96. The molecular formula is C8H5BrF3O. The van der Waals surface area contributed by atoms with E-state index in [2.05, 4.69) is 27.6 Å². The van der Waals surface area contributed by atoms with Crippen molar-refractivity contribution in [2.45, 2.75) is 6.36 Å². The van der Waals surface area contributed by atoms with Gasteiger partial charge in [-0.2, -0.15) is 0 Å². The maximum absolute atomic E-state index is 11.8. The first-order valence-corrected chi connectivity index (χ1v) is 4.05. The molecule has 1 aromatic carbocycles. The quantitative estimate of drug-likeness (QED) is 0.744. The lowest BCUT2D eigenvalue weighted by Crippen LogP contribution is -2.17. The van der Waals surface area contributed by atoms with E-state index in [1.807, 2.05) is 0 Å². The molecule has 71 valence electrons. The highest BCUT2D eigenvalue weighted by Gasteiger charge is 2.31. The number of rotatable bonds is 1. The normalized spacial score (nSPS) is 11.5. The van der Waals surface area contributed by atoms with Gasteiger partial charge in [-0.25, -0.2) is 0 Å². The highest BCUT2D eigenvalue weighted by Crippen LogP contribution is 2.32. The first-order chi connectivity index (χ1) is 5.90. The number of alkyl halides is 3. The van der Waals surface area contributed by atoms with Crippen molar-refractivity contribution in [2.24, 2.45) is 0 Å². The fourth-order valence-corrected chi connectivity index (χ4v) is 1.11. The van der Waals surface area contributed by atoms with Crippen molar-refractivity contribution < 1.29 is 17.9 Å². The van der Waals surface area contributed by atoms with Crippen LogP contribution in [0.3, 0.4) is 0 Å². The van der Waals surface area contributed by atoms with Crippen molar-refractivity contribution in [3.8, 4) is 5.75 Å². The summed E-state index contributed by atoms with van der Waals surface area (Å²) in [7, 11) is 0. The molecule has 0 amide bonds. The third-order valence-corrected chi connectivity index (χ3v) is 2.17. The molecule has 0 aromatic heterocycles. The van der Waals surface area contributed by atoms with Crippen LogP contribution in [0.25, 0.3) is 0 Å². The minimum Gasteiger partial charge on any atom is -0.405 e. The Hall–Kier alpha value is -0.710. The van der Waals surface area contributed by atoms with E-state index in [1.54, 1.807) is 6.07 Å². The Morgan fingerprint density at radius 1 is 1.31 bits per heavy atom. The molecule has 0 unspecified atom stereocenters. The minimum absolute atomic E-state index is 0.215. The summed E-state index contributed by atoms with van der Waals surface area (Å²) in [6, 6.07) is 4.23. The molecule has 0 bridgehead atoms. The summed E-state index contributed by atoms with van der Waals surface area (Å²) in [6.45, 7) is 3.52. The Morgan fingerprint density at radius 2 is 1.92 bits per heavy atom. The van der Waals surface area contributed by atoms with Crippen molar-refractivity contribution in [3.05, 3.63) is 35.2 Å². The zero-order valence-electron chi connectivity index (χ0n) is 6.36. The smallest absolute Gasteiger partial charge is 0.405 e. The largest absolute Gasteiger partial charge is 0.573 e. The van der Waals surface area contributed by atoms with Gasteiger partial charge in [-0.05, 0) is 34.5 Å². The van der Waals surface area contributed by atoms with E-state index >= 15 is 0 Å². The SMILES string of the molecule is [CH2]c1cccc(OC(F)(F)F)c1Br. The Morgan fingerprint density at radius 3 is 2.46 bits per heavy atom. The summed E-state index contributed by atoms with van der Waals surface area (Å²) < 4.78 is 39.3. The molecule has 0 N–H and O–H groups in total. The predicted octanol–water partition coefficient (Wildman–Crippen LogP) is 3.53. The molecular weight excluding hydrogens is 249 g/mol. The van der Waals surface area contributed by atoms with Gasteiger partial charge in [0.2, 0.25) is 0 Å². The van der Waals surface area contributed by atoms with Crippen molar-refractivity contribution in [2.75, 3.05) is 0 Å². The number of hydrogen-bond donors (Lipinski definition) is 0. The zero-order chi connectivity index (χ0) is 10.1. The second-order valence-corrected chi connectivity index (χ2v) is 3.07. The number of hydrogen-bond acceptors (Lipinski definition) is 1. The van der Waals surface area contributed by atoms with Crippen LogP contribution in [0.2, 0.25) is 0 Å². The van der Waals surface area contributed by atoms with E-state index in [0.717, 1.165) is 0 Å². The van der Waals surface area contributed by atoms with Gasteiger partial charge in [0.1, 0.15) is 5.75 Å². The Bertz CT molecular complexity index is 309. The van der Waals surface area contributed by atoms with E-state index in [9.17, 15) is 13.2 Å². The second kappa shape index (κ2) is 3.57. The van der Waals surface area contributed by atoms with Crippen LogP contribution in [-0.4, -0.2) is 6.36 Å². The molecule has 0 aliphatic carbocycles. The first-order valence-electron chi connectivity index (χ1n) is 3.26. The van der Waals surface area contributed by atoms with E-state index < -0.39 is 6.36 Å². The average molecular weight is 254 g/mol. The van der Waals surface area contributed by atoms with Gasteiger partial charge in [-0.15, -0.1) is 13.2 Å². The molecule has 13 heavy (non-hydrogen) atoms. The first kappa shape index (κ1) is 10.4. The van der Waals surface area contributed by atoms with Crippen LogP contribution in [0.4, 0.5) is 13.2 Å². The molecule has 0 aliphatic heterocycles. The molecule has 0 fully saturated rings. The van der Waals surface area contributed by atoms with Gasteiger partial charge in [0.25, 0.3) is 0 Å². The Kier molecular flexibility index (Phi) is 2.85. The lowest BCUT2D eigenvalue weighted by molar-refractivity contribution is -0.274. The molecule has 0 saturated heterocycles. The van der Waals surface area contributed by atoms with Crippen LogP contribution < -0.4 is 4.74 Å². The molecule has 0 aliphatic rings. The van der Waals surface area contributed by atoms with Gasteiger partial charge in [0.15, 0.2) is 0 Å². The summed E-state index contributed by atoms with van der Waals surface area (Å²) in [5.74, 6) is -0.278. The number of ether oxygens (including phenoxy) is 1. The summed E-state index contributed by atoms with van der Waals surface area (Å²) in [6.07, 6.45) is -4.67. The van der Waals surface area contributed by atoms with Gasteiger partial charge in [0, 0.05) is 0 Å². The van der Waals surface area contributed by atoms with E-state index in [0.29, 0.717) is 5.56 Å². The second-order valence-electron chi connectivity index (χ2n) is 2.28. The monoisotopic (exact) mass is 253 g/mol. The van der Waals surface area contributed by atoms with E-state index in [-0.39, 0.29) is 10.2 Å². The standard InChI is InChI=1S/C8H5BrF3O/c1-5-3-2-4-6(7(5)9)13-8(10,11)12/h2-4H,1H2. The average Bonchev–Trinajstić information content (AvgIpc) is 1.96. The summed E-state index contributed by atoms with van der Waals surface area (Å²) in [5.41, 5.74) is 0.446. The maximum atomic E-state index is 11.8. The molecule has 1 aromatic rings. The van der Waals surface area contributed by atoms with Crippen LogP contribution in [0.5, 0.6) is 5.75 Å². The molecule has 5 heteroatoms. The highest BCUT2D eigenvalue weighted by molar-refractivity contribution is 9.10. The highest BCUT2D eigenvalue weighted by atomic mass is 79.9. The lowest BCUT2D eigenvalue weighted by atomic mass is 10.2. The van der Waals surface area contributed by atoms with Gasteiger partial charge in [0.05, 0.1) is 4.47 Å². The molecule has 1 radical (unpaired) electrons. The van der Waals surface area contributed by atoms with Crippen molar-refractivity contribution in [1.82, 2.24) is 0 Å². The summed E-state index contributed by atoms with van der Waals surface area (Å²) in [5, 5.41) is 0. The van der Waals surface area contributed by atoms with E-state index in [1.165, 1.54) is 12.1 Å². The molecule has 1 nitrogen and oxygen atoms in total. The van der Waals surface area contributed by atoms with Gasteiger partial charge in [-0.3, -0.25) is 0 Å². The minimum atomic E-state index is -4.67. The molecule has 0 atom stereocenters. The van der Waals surface area contributed by atoms with Gasteiger partial charge >= 0.3 is 6.36 Å². The summed E-state index contributed by atoms with van der Waals surface area (Å²) >= 11 is 2.95. The predicted molar refractivity (Wildman–Crippen MR) is 45.3 cm³/mol. The van der Waals surface area contributed by atoms with Crippen LogP contribution >= 0.6 is 15.9 Å². The van der Waals surface area contributed by atoms with Crippen LogP contribution in [0.1, 0.15) is 5.56 Å². The van der Waals surface area contributed by atoms with Crippen molar-refractivity contribution in [3.63, 3.8) is 0 Å². The lowest BCUT2D eigenvalue weighted by Gasteiger charge is -2.11. The topological polar surface area (TPSA) is 9.23 Å². The zero-order valence-corrected chi connectivity index (χ0v) is 7.95. The molecule has 1 rings (SSSR count). The Labute approximate surface area is 81.6 Å². The third-order valence-electron chi connectivity index (χ3n) is 1.27. The van der Waals surface area contributed by atoms with Crippen molar-refractivity contribution >= 4 is 15.9 Å². The number of benzene rings is 1. The fraction of sp³-hybridized carbons (Fsp3) is 0.125. The maximum Gasteiger partial charge on any atom is 0.573 e. The van der Waals surface area contributed by atoms with Crippen LogP contribution in [-0.2, 0) is 0 Å². The number of halogens is 4. The van der Waals surface area contributed by atoms with Gasteiger partial charge < -0.3 is 4.74 Å². The molecule has 0 spiro atoms. The summed E-state index contributed by atoms with van der Waals surface area (Å²) in [4.78, 5) is 0. The third kappa shape index (κ3) is 2.91. The fourth-order valence-electron chi connectivity index (χ4n) is 0.760. The van der Waals surface area contributed by atoms with Crippen LogP contribution in [0, 0.1) is 6.92 Å². The molecule has 0 heterocycles. The van der Waals surface area contributed by atoms with Crippen LogP contribution in [0.15, 0.2) is 22.7 Å². The molecule has 0 saturated carbocycles.